The first kappa shape index (κ1) is 12.6. The molecule has 1 aromatic carbocycles. The van der Waals surface area contributed by atoms with E-state index in [1.165, 1.54) is 6.07 Å². The zero-order chi connectivity index (χ0) is 12.7. The number of nitrogens with two attached hydrogens (primary N) is 1. The Balaban J connectivity index is 2.90. The monoisotopic (exact) mass is 296 g/mol. The number of rotatable bonds is 1. The highest BCUT2D eigenvalue weighted by Gasteiger charge is 2.17. The first-order chi connectivity index (χ1) is 7.91. The van der Waals surface area contributed by atoms with Gasteiger partial charge < -0.3 is 5.73 Å². The molecule has 2 nitrogen and oxygen atoms in total. The quantitative estimate of drug-likeness (QED) is 0.774. The number of pyridine rings is 1. The number of aromatic nitrogens is 1. The van der Waals surface area contributed by atoms with Gasteiger partial charge in [-0.25, -0.2) is 13.8 Å². The zero-order valence-corrected chi connectivity index (χ0v) is 10.4. The van der Waals surface area contributed by atoms with Crippen molar-refractivity contribution in [3.8, 4) is 0 Å². The topological polar surface area (TPSA) is 38.9 Å². The van der Waals surface area contributed by atoms with Crippen LogP contribution < -0.4 is 5.73 Å². The largest absolute Gasteiger partial charge is 0.398 e. The second kappa shape index (κ2) is 4.44. The fourth-order valence-electron chi connectivity index (χ4n) is 1.46. The van der Waals surface area contributed by atoms with Crippen molar-refractivity contribution in [1.29, 1.82) is 0 Å². The molecule has 2 N–H and O–H groups in total. The molecule has 0 bridgehead atoms. The summed E-state index contributed by atoms with van der Waals surface area (Å²) in [6, 6.07) is 2.40. The Morgan fingerprint density at radius 1 is 1.12 bits per heavy atom. The summed E-state index contributed by atoms with van der Waals surface area (Å²) in [7, 11) is 0. The van der Waals surface area contributed by atoms with E-state index >= 15 is 0 Å². The maximum Gasteiger partial charge on any atom is 0.280 e. The van der Waals surface area contributed by atoms with Gasteiger partial charge in [0.1, 0.15) is 5.69 Å². The van der Waals surface area contributed by atoms with Gasteiger partial charge in [-0.05, 0) is 12.1 Å². The average molecular weight is 298 g/mol. The fraction of sp³-hybridized carbons (Fsp3) is 0.100. The predicted molar refractivity (Wildman–Crippen MR) is 66.1 cm³/mol. The molecule has 0 unspecified atom stereocenters. The standard InChI is InChI=1S/C10H5Cl3F2N2/c11-3-1-4(12)9-7(8(3)13)5(16)2-6(17-9)10(14)15/h1-2,10H,(H2,16,17). The van der Waals surface area contributed by atoms with Gasteiger partial charge in [-0.15, -0.1) is 0 Å². The third kappa shape index (κ3) is 2.12. The van der Waals surface area contributed by atoms with Crippen LogP contribution in [-0.4, -0.2) is 4.98 Å². The normalized spacial score (nSPS) is 11.4. The van der Waals surface area contributed by atoms with Gasteiger partial charge >= 0.3 is 0 Å². The van der Waals surface area contributed by atoms with E-state index in [2.05, 4.69) is 4.98 Å². The number of hydrogen-bond acceptors (Lipinski definition) is 2. The molecular formula is C10H5Cl3F2N2. The molecule has 2 rings (SSSR count). The maximum absolute atomic E-state index is 12.6. The molecule has 0 saturated carbocycles. The molecule has 0 aliphatic carbocycles. The third-order valence-corrected chi connectivity index (χ3v) is 3.28. The summed E-state index contributed by atoms with van der Waals surface area (Å²) in [5.41, 5.74) is 5.40. The van der Waals surface area contributed by atoms with Gasteiger partial charge in [0, 0.05) is 11.1 Å². The molecule has 0 radical (unpaired) electrons. The molecule has 0 aliphatic rings. The molecular weight excluding hydrogens is 292 g/mol. The second-order valence-electron chi connectivity index (χ2n) is 3.31. The molecule has 17 heavy (non-hydrogen) atoms. The molecule has 2 aromatic rings. The summed E-state index contributed by atoms with van der Waals surface area (Å²) < 4.78 is 25.1. The number of anilines is 1. The lowest BCUT2D eigenvalue weighted by atomic mass is 10.1. The predicted octanol–water partition coefficient (Wildman–Crippen LogP) is 4.71. The van der Waals surface area contributed by atoms with Crippen molar-refractivity contribution in [2.24, 2.45) is 0 Å². The molecule has 0 saturated heterocycles. The number of benzene rings is 1. The number of halogens is 5. The summed E-state index contributed by atoms with van der Waals surface area (Å²) in [4.78, 5) is 3.73. The molecule has 0 atom stereocenters. The van der Waals surface area contributed by atoms with Crippen LogP contribution in [0.4, 0.5) is 14.5 Å². The van der Waals surface area contributed by atoms with E-state index in [1.54, 1.807) is 0 Å². The molecule has 1 heterocycles. The summed E-state index contributed by atoms with van der Waals surface area (Å²) in [6.07, 6.45) is -2.73. The van der Waals surface area contributed by atoms with Crippen LogP contribution in [0.3, 0.4) is 0 Å². The van der Waals surface area contributed by atoms with E-state index in [4.69, 9.17) is 40.5 Å². The number of nitrogen functional groups attached to an aromatic ring is 1. The number of nitrogens with zero attached hydrogens (tertiary/aromatic N) is 1. The van der Waals surface area contributed by atoms with Crippen molar-refractivity contribution in [2.75, 3.05) is 5.73 Å². The minimum atomic E-state index is -2.73. The van der Waals surface area contributed by atoms with Crippen LogP contribution in [-0.2, 0) is 0 Å². The SMILES string of the molecule is Nc1cc(C(F)F)nc2c(Cl)cc(Cl)c(Cl)c12. The summed E-state index contributed by atoms with van der Waals surface area (Å²) >= 11 is 17.6. The molecule has 0 aliphatic heterocycles. The smallest absolute Gasteiger partial charge is 0.280 e. The van der Waals surface area contributed by atoms with E-state index in [-0.39, 0.29) is 31.7 Å². The zero-order valence-electron chi connectivity index (χ0n) is 8.15. The number of hydrogen-bond donors (Lipinski definition) is 1. The molecule has 90 valence electrons. The van der Waals surface area contributed by atoms with Crippen molar-refractivity contribution in [1.82, 2.24) is 4.98 Å². The van der Waals surface area contributed by atoms with Crippen molar-refractivity contribution in [2.45, 2.75) is 6.43 Å². The Labute approximate surface area is 110 Å². The van der Waals surface area contributed by atoms with Crippen LogP contribution >= 0.6 is 34.8 Å². The Hall–Kier alpha value is -0.840. The van der Waals surface area contributed by atoms with E-state index in [9.17, 15) is 8.78 Å². The molecule has 7 heteroatoms. The van der Waals surface area contributed by atoms with Crippen LogP contribution in [0.1, 0.15) is 12.1 Å². The van der Waals surface area contributed by atoms with Crippen molar-refractivity contribution in [3.63, 3.8) is 0 Å². The van der Waals surface area contributed by atoms with Crippen molar-refractivity contribution < 1.29 is 8.78 Å². The van der Waals surface area contributed by atoms with Gasteiger partial charge in [0.25, 0.3) is 6.43 Å². The van der Waals surface area contributed by atoms with Gasteiger partial charge in [0.2, 0.25) is 0 Å². The molecule has 0 fully saturated rings. The minimum Gasteiger partial charge on any atom is -0.398 e. The van der Waals surface area contributed by atoms with Crippen LogP contribution in [0.2, 0.25) is 15.1 Å². The van der Waals surface area contributed by atoms with Crippen LogP contribution in [0.15, 0.2) is 12.1 Å². The Morgan fingerprint density at radius 2 is 1.76 bits per heavy atom. The highest BCUT2D eigenvalue weighted by molar-refractivity contribution is 6.48. The van der Waals surface area contributed by atoms with Gasteiger partial charge in [-0.1, -0.05) is 34.8 Å². The van der Waals surface area contributed by atoms with Gasteiger partial charge in [-0.3, -0.25) is 0 Å². The Morgan fingerprint density at radius 3 is 2.35 bits per heavy atom. The lowest BCUT2D eigenvalue weighted by molar-refractivity contribution is 0.146. The maximum atomic E-state index is 12.6. The van der Waals surface area contributed by atoms with Crippen LogP contribution in [0.25, 0.3) is 10.9 Å². The van der Waals surface area contributed by atoms with Gasteiger partial charge in [0.05, 0.1) is 20.6 Å². The lowest BCUT2D eigenvalue weighted by Gasteiger charge is -2.09. The van der Waals surface area contributed by atoms with E-state index < -0.39 is 12.1 Å². The van der Waals surface area contributed by atoms with E-state index in [0.29, 0.717) is 0 Å². The van der Waals surface area contributed by atoms with Crippen LogP contribution in [0.5, 0.6) is 0 Å². The van der Waals surface area contributed by atoms with Crippen LogP contribution in [0, 0.1) is 0 Å². The first-order valence-corrected chi connectivity index (χ1v) is 5.57. The fourth-order valence-corrected chi connectivity index (χ4v) is 2.22. The summed E-state index contributed by atoms with van der Waals surface area (Å²) in [5, 5.41) is 0.761. The van der Waals surface area contributed by atoms with E-state index in [1.807, 2.05) is 0 Å². The van der Waals surface area contributed by atoms with Crippen molar-refractivity contribution >= 4 is 51.4 Å². The van der Waals surface area contributed by atoms with E-state index in [0.717, 1.165) is 6.07 Å². The summed E-state index contributed by atoms with van der Waals surface area (Å²) in [5.74, 6) is 0. The average Bonchev–Trinajstić information content (AvgIpc) is 2.25. The first-order valence-electron chi connectivity index (χ1n) is 4.43. The Bertz CT molecular complexity index is 602. The van der Waals surface area contributed by atoms with Gasteiger partial charge in [0.15, 0.2) is 0 Å². The lowest BCUT2D eigenvalue weighted by Crippen LogP contribution is -1.97. The minimum absolute atomic E-state index is 0.0692. The second-order valence-corrected chi connectivity index (χ2v) is 4.51. The highest BCUT2D eigenvalue weighted by atomic mass is 35.5. The third-order valence-electron chi connectivity index (χ3n) is 2.20. The van der Waals surface area contributed by atoms with Crippen molar-refractivity contribution in [3.05, 3.63) is 32.9 Å². The Kier molecular flexibility index (Phi) is 3.30. The molecule has 0 amide bonds. The number of alkyl halides is 2. The number of fused-ring (bicyclic) bond motifs is 1. The van der Waals surface area contributed by atoms with Gasteiger partial charge in [-0.2, -0.15) is 0 Å². The molecule has 1 aromatic heterocycles. The summed E-state index contributed by atoms with van der Waals surface area (Å²) in [6.45, 7) is 0. The molecule has 0 spiro atoms. The highest BCUT2D eigenvalue weighted by Crippen LogP contribution is 2.39.